The summed E-state index contributed by atoms with van der Waals surface area (Å²) in [7, 11) is 0. The lowest BCUT2D eigenvalue weighted by Crippen LogP contribution is -2.31. The number of carbonyl (C=O) groups is 3. The summed E-state index contributed by atoms with van der Waals surface area (Å²) in [5.41, 5.74) is 0. The van der Waals surface area contributed by atoms with Crippen molar-refractivity contribution >= 4 is 28.8 Å². The molecule has 2 atom stereocenters. The number of aliphatic carboxylic acids is 1. The zero-order valence-electron chi connectivity index (χ0n) is 10.2. The number of carboxylic acids is 1. The number of thioether (sulfide) groups is 1. The molecule has 6 nitrogen and oxygen atoms in total. The Morgan fingerprint density at radius 2 is 2.22 bits per heavy atom. The van der Waals surface area contributed by atoms with Crippen LogP contribution in [0.3, 0.4) is 0 Å². The van der Waals surface area contributed by atoms with Crippen molar-refractivity contribution in [1.82, 2.24) is 4.90 Å². The van der Waals surface area contributed by atoms with Crippen LogP contribution in [0, 0.1) is 5.92 Å². The predicted octanol–water partition coefficient (Wildman–Crippen LogP) is -0.0498. The molecule has 1 saturated heterocycles. The van der Waals surface area contributed by atoms with Gasteiger partial charge < -0.3 is 15.1 Å². The van der Waals surface area contributed by atoms with Gasteiger partial charge in [-0.3, -0.25) is 9.59 Å². The number of carboxylic acid groups (broad SMARTS) is 1. The van der Waals surface area contributed by atoms with Crippen molar-refractivity contribution < 1.29 is 24.6 Å². The molecule has 1 aliphatic heterocycles. The van der Waals surface area contributed by atoms with Crippen LogP contribution in [0.1, 0.15) is 19.8 Å². The van der Waals surface area contributed by atoms with Crippen LogP contribution < -0.4 is 0 Å². The summed E-state index contributed by atoms with van der Waals surface area (Å²) in [5, 5.41) is 17.7. The molecule has 1 aliphatic rings. The number of aliphatic hydroxyl groups excluding tert-OH is 1. The molecule has 1 rings (SSSR count). The zero-order valence-corrected chi connectivity index (χ0v) is 11.0. The molecule has 2 N–H and O–H groups in total. The molecule has 18 heavy (non-hydrogen) atoms. The third-order valence-corrected chi connectivity index (χ3v) is 3.82. The minimum absolute atomic E-state index is 0.0298. The van der Waals surface area contributed by atoms with Crippen molar-refractivity contribution in [3.63, 3.8) is 0 Å². The number of likely N-dealkylation sites (tertiary alicyclic amines) is 1. The molecule has 1 amide bonds. The first kappa shape index (κ1) is 15.0. The fourth-order valence-electron chi connectivity index (χ4n) is 1.82. The minimum atomic E-state index is -1.43. The highest BCUT2D eigenvalue weighted by atomic mass is 32.2. The third kappa shape index (κ3) is 4.66. The van der Waals surface area contributed by atoms with E-state index in [1.54, 1.807) is 4.90 Å². The lowest BCUT2D eigenvalue weighted by molar-refractivity contribution is -0.147. The average molecular weight is 275 g/mol. The fourth-order valence-corrected chi connectivity index (χ4v) is 2.51. The maximum Gasteiger partial charge on any atom is 0.332 e. The standard InChI is InChI=1S/C11H17NO5S/c1-7(13)18-6-8-4-10(15)12(5-8)3-2-9(14)11(16)17/h8-9,14H,2-6H2,1H3,(H,16,17)/t8?,9-/m0/s1. The van der Waals surface area contributed by atoms with Gasteiger partial charge in [0.15, 0.2) is 11.2 Å². The van der Waals surface area contributed by atoms with E-state index in [2.05, 4.69) is 0 Å². The molecule has 0 aromatic heterocycles. The van der Waals surface area contributed by atoms with Crippen LogP contribution >= 0.6 is 11.8 Å². The van der Waals surface area contributed by atoms with E-state index in [1.807, 2.05) is 0 Å². The molecule has 1 unspecified atom stereocenters. The summed E-state index contributed by atoms with van der Waals surface area (Å²) in [6.45, 7) is 2.27. The highest BCUT2D eigenvalue weighted by molar-refractivity contribution is 8.13. The quantitative estimate of drug-likeness (QED) is 0.705. The second kappa shape index (κ2) is 6.75. The molecule has 0 aliphatic carbocycles. The molecule has 7 heteroatoms. The van der Waals surface area contributed by atoms with E-state index in [0.717, 1.165) is 0 Å². The maximum absolute atomic E-state index is 11.6. The summed E-state index contributed by atoms with van der Waals surface area (Å²) in [6, 6.07) is 0. The summed E-state index contributed by atoms with van der Waals surface area (Å²) in [4.78, 5) is 34.4. The van der Waals surface area contributed by atoms with Gasteiger partial charge in [0.2, 0.25) is 5.91 Å². The molecule has 0 radical (unpaired) electrons. The zero-order chi connectivity index (χ0) is 13.7. The molecule has 1 heterocycles. The Morgan fingerprint density at radius 3 is 2.78 bits per heavy atom. The first-order valence-corrected chi connectivity index (χ1v) is 6.70. The number of aliphatic hydroxyl groups is 1. The van der Waals surface area contributed by atoms with Crippen LogP contribution in [-0.4, -0.2) is 57.1 Å². The van der Waals surface area contributed by atoms with Crippen molar-refractivity contribution in [3.05, 3.63) is 0 Å². The molecule has 0 spiro atoms. The Balaban J connectivity index is 2.33. The maximum atomic E-state index is 11.6. The second-order valence-electron chi connectivity index (χ2n) is 4.36. The third-order valence-electron chi connectivity index (χ3n) is 2.77. The van der Waals surface area contributed by atoms with Crippen molar-refractivity contribution in [3.8, 4) is 0 Å². The molecule has 0 saturated carbocycles. The Bertz CT molecular complexity index is 346. The van der Waals surface area contributed by atoms with Crippen LogP contribution in [0.4, 0.5) is 0 Å². The first-order valence-electron chi connectivity index (χ1n) is 5.72. The second-order valence-corrected chi connectivity index (χ2v) is 5.55. The fraction of sp³-hybridized carbons (Fsp3) is 0.727. The first-order chi connectivity index (χ1) is 8.40. The summed E-state index contributed by atoms with van der Waals surface area (Å²) >= 11 is 1.20. The largest absolute Gasteiger partial charge is 0.479 e. The molecule has 0 bridgehead atoms. The lowest BCUT2D eigenvalue weighted by Gasteiger charge is -2.17. The van der Waals surface area contributed by atoms with Gasteiger partial charge in [0, 0.05) is 38.6 Å². The average Bonchev–Trinajstić information content (AvgIpc) is 2.64. The smallest absolute Gasteiger partial charge is 0.332 e. The van der Waals surface area contributed by atoms with Gasteiger partial charge in [-0.05, 0) is 5.92 Å². The summed E-state index contributed by atoms with van der Waals surface area (Å²) < 4.78 is 0. The highest BCUT2D eigenvalue weighted by Gasteiger charge is 2.30. The van der Waals surface area contributed by atoms with E-state index < -0.39 is 12.1 Å². The number of carbonyl (C=O) groups excluding carboxylic acids is 2. The van der Waals surface area contributed by atoms with Crippen molar-refractivity contribution in [1.29, 1.82) is 0 Å². The molecular formula is C11H17NO5S. The number of hydrogen-bond donors (Lipinski definition) is 2. The highest BCUT2D eigenvalue weighted by Crippen LogP contribution is 2.22. The van der Waals surface area contributed by atoms with E-state index in [-0.39, 0.29) is 29.9 Å². The SMILES string of the molecule is CC(=O)SCC1CC(=O)N(CC[C@H](O)C(=O)O)C1. The monoisotopic (exact) mass is 275 g/mol. The van der Waals surface area contributed by atoms with Gasteiger partial charge in [0.25, 0.3) is 0 Å². The number of rotatable bonds is 6. The molecule has 0 aromatic rings. The van der Waals surface area contributed by atoms with Crippen molar-refractivity contribution in [2.24, 2.45) is 5.92 Å². The van der Waals surface area contributed by atoms with Gasteiger partial charge in [-0.2, -0.15) is 0 Å². The van der Waals surface area contributed by atoms with E-state index in [9.17, 15) is 14.4 Å². The van der Waals surface area contributed by atoms with Crippen LogP contribution in [0.25, 0.3) is 0 Å². The van der Waals surface area contributed by atoms with Crippen molar-refractivity contribution in [2.45, 2.75) is 25.9 Å². The van der Waals surface area contributed by atoms with E-state index in [1.165, 1.54) is 18.7 Å². The van der Waals surface area contributed by atoms with Crippen molar-refractivity contribution in [2.75, 3.05) is 18.8 Å². The summed E-state index contributed by atoms with van der Waals surface area (Å²) in [6.07, 6.45) is -1.000. The lowest BCUT2D eigenvalue weighted by atomic mass is 10.1. The van der Waals surface area contributed by atoms with Crippen LogP contribution in [-0.2, 0) is 14.4 Å². The molecular weight excluding hydrogens is 258 g/mol. The topological polar surface area (TPSA) is 94.9 Å². The van der Waals surface area contributed by atoms with Gasteiger partial charge in [0.05, 0.1) is 0 Å². The number of amides is 1. The van der Waals surface area contributed by atoms with E-state index in [0.29, 0.717) is 18.7 Å². The molecule has 102 valence electrons. The van der Waals surface area contributed by atoms with Gasteiger partial charge in [0.1, 0.15) is 0 Å². The van der Waals surface area contributed by atoms with E-state index >= 15 is 0 Å². The summed E-state index contributed by atoms with van der Waals surface area (Å²) in [5.74, 6) is -0.570. The van der Waals surface area contributed by atoms with Crippen LogP contribution in [0.15, 0.2) is 0 Å². The Labute approximate surface area is 109 Å². The Morgan fingerprint density at radius 1 is 1.56 bits per heavy atom. The van der Waals surface area contributed by atoms with Crippen LogP contribution in [0.2, 0.25) is 0 Å². The van der Waals surface area contributed by atoms with Gasteiger partial charge in [-0.25, -0.2) is 4.79 Å². The van der Waals surface area contributed by atoms with E-state index in [4.69, 9.17) is 10.2 Å². The number of hydrogen-bond acceptors (Lipinski definition) is 5. The predicted molar refractivity (Wildman–Crippen MR) is 66.1 cm³/mol. The van der Waals surface area contributed by atoms with Gasteiger partial charge in [-0.1, -0.05) is 11.8 Å². The molecule has 1 fully saturated rings. The molecule has 0 aromatic carbocycles. The van der Waals surface area contributed by atoms with Gasteiger partial charge in [-0.15, -0.1) is 0 Å². The Kier molecular flexibility index (Phi) is 5.61. The van der Waals surface area contributed by atoms with Crippen LogP contribution in [0.5, 0.6) is 0 Å². The Hall–Kier alpha value is -1.08. The number of nitrogens with zero attached hydrogens (tertiary/aromatic N) is 1. The van der Waals surface area contributed by atoms with Gasteiger partial charge >= 0.3 is 5.97 Å². The normalized spacial score (nSPS) is 21.1. The minimum Gasteiger partial charge on any atom is -0.479 e.